The van der Waals surface area contributed by atoms with Crippen molar-refractivity contribution in [2.24, 2.45) is 0 Å². The van der Waals surface area contributed by atoms with E-state index in [4.69, 9.17) is 0 Å². The fourth-order valence-electron chi connectivity index (χ4n) is 2.15. The lowest BCUT2D eigenvalue weighted by Crippen LogP contribution is -2.44. The van der Waals surface area contributed by atoms with Crippen LogP contribution in [0.25, 0.3) is 0 Å². The number of methoxy groups -OCH3 is 1. The van der Waals surface area contributed by atoms with Crippen LogP contribution in [0, 0.1) is 5.82 Å². The van der Waals surface area contributed by atoms with Crippen LogP contribution in [0.3, 0.4) is 0 Å². The summed E-state index contributed by atoms with van der Waals surface area (Å²) in [6, 6.07) is 5.34. The zero-order valence-electron chi connectivity index (χ0n) is 12.9. The van der Waals surface area contributed by atoms with Crippen molar-refractivity contribution in [1.82, 2.24) is 4.90 Å². The van der Waals surface area contributed by atoms with Crippen molar-refractivity contribution in [2.45, 2.75) is 32.2 Å². The standard InChI is InChI=1S/C16H22FNO4/c1-3-14(11-19)18(9-8-16(21)22-2)15(20)10-12-4-6-13(17)7-5-12/h4-7,14,19H,3,8-11H2,1-2H3. The van der Waals surface area contributed by atoms with E-state index in [1.165, 1.54) is 24.1 Å². The number of carbonyl (C=O) groups excluding carboxylic acids is 2. The van der Waals surface area contributed by atoms with Gasteiger partial charge in [0.05, 0.1) is 32.6 Å². The van der Waals surface area contributed by atoms with Crippen molar-refractivity contribution in [1.29, 1.82) is 0 Å². The minimum absolute atomic E-state index is 0.0716. The number of hydrogen-bond acceptors (Lipinski definition) is 4. The molecule has 0 aliphatic heterocycles. The van der Waals surface area contributed by atoms with Gasteiger partial charge in [0.2, 0.25) is 5.91 Å². The number of aliphatic hydroxyl groups excluding tert-OH is 1. The summed E-state index contributed by atoms with van der Waals surface area (Å²) in [6.07, 6.45) is 0.743. The molecule has 1 aromatic rings. The lowest BCUT2D eigenvalue weighted by Gasteiger charge is -2.29. The molecule has 0 heterocycles. The second kappa shape index (κ2) is 9.15. The third-order valence-electron chi connectivity index (χ3n) is 3.50. The molecule has 0 radical (unpaired) electrons. The van der Waals surface area contributed by atoms with Crippen molar-refractivity contribution in [2.75, 3.05) is 20.3 Å². The third-order valence-corrected chi connectivity index (χ3v) is 3.50. The highest BCUT2D eigenvalue weighted by Gasteiger charge is 2.22. The Morgan fingerprint density at radius 1 is 1.32 bits per heavy atom. The summed E-state index contributed by atoms with van der Waals surface area (Å²) in [7, 11) is 1.29. The molecule has 1 amide bonds. The molecular formula is C16H22FNO4. The lowest BCUT2D eigenvalue weighted by molar-refractivity contribution is -0.142. The highest BCUT2D eigenvalue weighted by atomic mass is 19.1. The fraction of sp³-hybridized carbons (Fsp3) is 0.500. The van der Waals surface area contributed by atoms with E-state index in [1.54, 1.807) is 12.1 Å². The van der Waals surface area contributed by atoms with Crippen LogP contribution in [-0.4, -0.2) is 48.2 Å². The van der Waals surface area contributed by atoms with E-state index in [2.05, 4.69) is 4.74 Å². The topological polar surface area (TPSA) is 66.8 Å². The Bertz CT molecular complexity index is 485. The molecule has 0 aliphatic rings. The number of rotatable bonds is 8. The second-order valence-electron chi connectivity index (χ2n) is 4.96. The normalized spacial score (nSPS) is 11.8. The molecular weight excluding hydrogens is 289 g/mol. The van der Waals surface area contributed by atoms with Crippen LogP contribution in [0.5, 0.6) is 0 Å². The number of benzene rings is 1. The number of amides is 1. The van der Waals surface area contributed by atoms with Gasteiger partial charge in [-0.3, -0.25) is 9.59 Å². The molecule has 0 bridgehead atoms. The van der Waals surface area contributed by atoms with Crippen LogP contribution in [-0.2, 0) is 20.7 Å². The minimum atomic E-state index is -0.410. The first-order chi connectivity index (χ1) is 10.5. The van der Waals surface area contributed by atoms with Crippen molar-refractivity contribution in [3.63, 3.8) is 0 Å². The maximum absolute atomic E-state index is 12.9. The molecule has 5 nitrogen and oxygen atoms in total. The van der Waals surface area contributed by atoms with Gasteiger partial charge < -0.3 is 14.7 Å². The second-order valence-corrected chi connectivity index (χ2v) is 4.96. The van der Waals surface area contributed by atoms with Crippen molar-refractivity contribution in [3.05, 3.63) is 35.6 Å². The monoisotopic (exact) mass is 311 g/mol. The van der Waals surface area contributed by atoms with Gasteiger partial charge in [-0.25, -0.2) is 4.39 Å². The van der Waals surface area contributed by atoms with Crippen LogP contribution in [0.4, 0.5) is 4.39 Å². The molecule has 22 heavy (non-hydrogen) atoms. The summed E-state index contributed by atoms with van der Waals surface area (Å²) >= 11 is 0. The van der Waals surface area contributed by atoms with Gasteiger partial charge in [0.1, 0.15) is 5.82 Å². The van der Waals surface area contributed by atoms with Gasteiger partial charge in [0.15, 0.2) is 0 Å². The van der Waals surface area contributed by atoms with Crippen LogP contribution in [0.2, 0.25) is 0 Å². The largest absolute Gasteiger partial charge is 0.469 e. The minimum Gasteiger partial charge on any atom is -0.469 e. The number of aliphatic hydroxyl groups is 1. The molecule has 122 valence electrons. The molecule has 0 spiro atoms. The molecule has 1 rings (SSSR count). The molecule has 0 saturated heterocycles. The van der Waals surface area contributed by atoms with E-state index in [0.29, 0.717) is 12.0 Å². The number of nitrogens with zero attached hydrogens (tertiary/aromatic N) is 1. The van der Waals surface area contributed by atoms with Gasteiger partial charge in [-0.15, -0.1) is 0 Å². The van der Waals surface area contributed by atoms with Gasteiger partial charge in [-0.2, -0.15) is 0 Å². The molecule has 0 fully saturated rings. The highest BCUT2D eigenvalue weighted by Crippen LogP contribution is 2.11. The Labute approximate surface area is 129 Å². The van der Waals surface area contributed by atoms with Gasteiger partial charge in [-0.05, 0) is 24.1 Å². The van der Waals surface area contributed by atoms with Crippen LogP contribution >= 0.6 is 0 Å². The van der Waals surface area contributed by atoms with E-state index in [9.17, 15) is 19.1 Å². The number of carbonyl (C=O) groups is 2. The van der Waals surface area contributed by atoms with E-state index < -0.39 is 5.97 Å². The lowest BCUT2D eigenvalue weighted by atomic mass is 10.1. The van der Waals surface area contributed by atoms with Crippen molar-refractivity contribution < 1.29 is 23.8 Å². The van der Waals surface area contributed by atoms with E-state index in [-0.39, 0.29) is 43.8 Å². The summed E-state index contributed by atoms with van der Waals surface area (Å²) in [4.78, 5) is 25.2. The van der Waals surface area contributed by atoms with E-state index in [0.717, 1.165) is 0 Å². The average molecular weight is 311 g/mol. The predicted octanol–water partition coefficient (Wildman–Crippen LogP) is 1.53. The molecule has 1 aromatic carbocycles. The molecule has 1 unspecified atom stereocenters. The average Bonchev–Trinajstić information content (AvgIpc) is 2.53. The Morgan fingerprint density at radius 3 is 2.45 bits per heavy atom. The maximum atomic E-state index is 12.9. The van der Waals surface area contributed by atoms with E-state index >= 15 is 0 Å². The third kappa shape index (κ3) is 5.44. The zero-order valence-corrected chi connectivity index (χ0v) is 12.9. The molecule has 6 heteroatoms. The van der Waals surface area contributed by atoms with Crippen molar-refractivity contribution in [3.8, 4) is 0 Å². The number of hydrogen-bond donors (Lipinski definition) is 1. The fourth-order valence-corrected chi connectivity index (χ4v) is 2.15. The summed E-state index contributed by atoms with van der Waals surface area (Å²) in [5.41, 5.74) is 0.683. The first-order valence-electron chi connectivity index (χ1n) is 7.23. The Balaban J connectivity index is 2.77. The van der Waals surface area contributed by atoms with Gasteiger partial charge in [-0.1, -0.05) is 19.1 Å². The smallest absolute Gasteiger partial charge is 0.307 e. The van der Waals surface area contributed by atoms with Crippen LogP contribution in [0.1, 0.15) is 25.3 Å². The highest BCUT2D eigenvalue weighted by molar-refractivity contribution is 5.80. The Kier molecular flexibility index (Phi) is 7.52. The Morgan fingerprint density at radius 2 is 1.95 bits per heavy atom. The summed E-state index contributed by atoms with van der Waals surface area (Å²) in [5.74, 6) is -0.982. The molecule has 0 aliphatic carbocycles. The van der Waals surface area contributed by atoms with Crippen LogP contribution in [0.15, 0.2) is 24.3 Å². The summed E-state index contributed by atoms with van der Waals surface area (Å²) in [5, 5.41) is 9.41. The molecule has 1 N–H and O–H groups in total. The Hall–Kier alpha value is -1.95. The van der Waals surface area contributed by atoms with E-state index in [1.807, 2.05) is 6.92 Å². The molecule has 0 aromatic heterocycles. The zero-order chi connectivity index (χ0) is 16.5. The number of ether oxygens (including phenoxy) is 1. The first kappa shape index (κ1) is 18.1. The van der Waals surface area contributed by atoms with Gasteiger partial charge >= 0.3 is 5.97 Å². The van der Waals surface area contributed by atoms with Crippen molar-refractivity contribution >= 4 is 11.9 Å². The predicted molar refractivity (Wildman–Crippen MR) is 79.6 cm³/mol. The maximum Gasteiger partial charge on any atom is 0.307 e. The molecule has 0 saturated carbocycles. The first-order valence-corrected chi connectivity index (χ1v) is 7.23. The number of halogens is 1. The summed E-state index contributed by atoms with van der Waals surface area (Å²) in [6.45, 7) is 1.87. The van der Waals surface area contributed by atoms with Crippen LogP contribution < -0.4 is 0 Å². The summed E-state index contributed by atoms with van der Waals surface area (Å²) < 4.78 is 17.5. The van der Waals surface area contributed by atoms with Gasteiger partial charge in [0, 0.05) is 6.54 Å². The molecule has 1 atom stereocenters. The SMILES string of the molecule is CCC(CO)N(CCC(=O)OC)C(=O)Cc1ccc(F)cc1. The number of esters is 1. The quantitative estimate of drug-likeness (QED) is 0.739. The van der Waals surface area contributed by atoms with Gasteiger partial charge in [0.25, 0.3) is 0 Å².